The average molecular weight is 300 g/mol. The zero-order chi connectivity index (χ0) is 16.1. The average Bonchev–Trinajstić information content (AvgIpc) is 2.83. The van der Waals surface area contributed by atoms with Gasteiger partial charge in [-0.2, -0.15) is 0 Å². The van der Waals surface area contributed by atoms with Crippen molar-refractivity contribution < 1.29 is 9.90 Å². The maximum absolute atomic E-state index is 12.7. The van der Waals surface area contributed by atoms with E-state index in [1.54, 1.807) is 0 Å². The Morgan fingerprint density at radius 2 is 2.00 bits per heavy atom. The number of hydrogen-bond donors (Lipinski definition) is 1. The van der Waals surface area contributed by atoms with Crippen molar-refractivity contribution in [3.63, 3.8) is 0 Å². The highest BCUT2D eigenvalue weighted by Gasteiger charge is 2.56. The number of aliphatic hydroxyl groups excluding tert-OH is 1. The van der Waals surface area contributed by atoms with Gasteiger partial charge in [-0.05, 0) is 52.4 Å². The summed E-state index contributed by atoms with van der Waals surface area (Å²) in [4.78, 5) is 12.7. The molecule has 0 spiro atoms. The molecule has 0 aliphatic heterocycles. The van der Waals surface area contributed by atoms with Crippen LogP contribution in [0.4, 0.5) is 0 Å². The van der Waals surface area contributed by atoms with Gasteiger partial charge in [-0.15, -0.1) is 0 Å². The summed E-state index contributed by atoms with van der Waals surface area (Å²) in [6, 6.07) is 0. The Morgan fingerprint density at radius 3 is 2.73 bits per heavy atom. The number of fused-ring (bicyclic) bond motifs is 1. The Bertz CT molecular complexity index is 581. The highest BCUT2D eigenvalue weighted by molar-refractivity contribution is 5.90. The van der Waals surface area contributed by atoms with Crippen molar-refractivity contribution >= 4 is 5.78 Å². The number of aliphatic hydroxyl groups is 1. The Balaban J connectivity index is 2.10. The van der Waals surface area contributed by atoms with E-state index >= 15 is 0 Å². The molecule has 4 atom stereocenters. The van der Waals surface area contributed by atoms with E-state index in [0.717, 1.165) is 44.1 Å². The lowest BCUT2D eigenvalue weighted by molar-refractivity contribution is -0.142. The van der Waals surface area contributed by atoms with Gasteiger partial charge in [-0.25, -0.2) is 0 Å². The Kier molecular flexibility index (Phi) is 3.92. The smallest absolute Gasteiger partial charge is 0.168 e. The van der Waals surface area contributed by atoms with E-state index in [4.69, 9.17) is 0 Å². The van der Waals surface area contributed by atoms with E-state index in [-0.39, 0.29) is 23.0 Å². The van der Waals surface area contributed by atoms with Crippen LogP contribution in [0.15, 0.2) is 34.9 Å². The van der Waals surface area contributed by atoms with Crippen LogP contribution in [0.2, 0.25) is 0 Å². The fraction of sp³-hybridized carbons (Fsp3) is 0.650. The molecule has 2 bridgehead atoms. The topological polar surface area (TPSA) is 37.3 Å². The van der Waals surface area contributed by atoms with Crippen LogP contribution in [0.25, 0.3) is 0 Å². The van der Waals surface area contributed by atoms with Crippen LogP contribution in [0.3, 0.4) is 0 Å². The maximum Gasteiger partial charge on any atom is 0.168 e. The van der Waals surface area contributed by atoms with Crippen LogP contribution in [0.5, 0.6) is 0 Å². The summed E-state index contributed by atoms with van der Waals surface area (Å²) in [6.45, 7) is 10.8. The highest BCUT2D eigenvalue weighted by Crippen LogP contribution is 2.58. The van der Waals surface area contributed by atoms with Crippen molar-refractivity contribution in [2.75, 3.05) is 0 Å². The van der Waals surface area contributed by atoms with E-state index in [1.807, 2.05) is 0 Å². The van der Waals surface area contributed by atoms with Crippen LogP contribution < -0.4 is 0 Å². The third kappa shape index (κ3) is 2.23. The first-order valence-corrected chi connectivity index (χ1v) is 8.61. The lowest BCUT2D eigenvalue weighted by Crippen LogP contribution is -2.51. The van der Waals surface area contributed by atoms with E-state index in [1.165, 1.54) is 16.7 Å². The standard InChI is InChI=1S/C20H28O2/c1-12-6-5-7-13(2)15-10-11-20(4)17(15)14(3)16(9-8-12)18(21)19(20)22/h6,16-17,19,22H,3,5,7-11H2,1-2,4H3/b12-6+,15-13-/t16-,17-,19-,20-/m0/s1. The Labute approximate surface area is 134 Å². The third-order valence-electron chi connectivity index (χ3n) is 6.38. The summed E-state index contributed by atoms with van der Waals surface area (Å²) >= 11 is 0. The normalized spacial score (nSPS) is 45.3. The van der Waals surface area contributed by atoms with Gasteiger partial charge in [0.1, 0.15) is 6.10 Å². The van der Waals surface area contributed by atoms with Crippen molar-refractivity contribution in [3.8, 4) is 0 Å². The second-order valence-electron chi connectivity index (χ2n) is 7.80. The number of carbonyl (C=O) groups is 1. The fourth-order valence-electron chi connectivity index (χ4n) is 4.89. The van der Waals surface area contributed by atoms with Crippen molar-refractivity contribution in [3.05, 3.63) is 34.9 Å². The number of rotatable bonds is 0. The molecule has 120 valence electrons. The molecule has 3 aliphatic rings. The van der Waals surface area contributed by atoms with E-state index in [2.05, 4.69) is 33.4 Å². The summed E-state index contributed by atoms with van der Waals surface area (Å²) < 4.78 is 0. The van der Waals surface area contributed by atoms with Gasteiger partial charge >= 0.3 is 0 Å². The molecule has 3 rings (SSSR count). The van der Waals surface area contributed by atoms with Crippen LogP contribution in [-0.2, 0) is 4.79 Å². The summed E-state index contributed by atoms with van der Waals surface area (Å²) in [6.07, 6.45) is 7.29. The fourth-order valence-corrected chi connectivity index (χ4v) is 4.89. The number of allylic oxidation sites excluding steroid dienone is 5. The van der Waals surface area contributed by atoms with Crippen molar-refractivity contribution in [2.45, 2.75) is 65.4 Å². The van der Waals surface area contributed by atoms with Gasteiger partial charge in [0.15, 0.2) is 5.78 Å². The molecular formula is C20H28O2. The Hall–Kier alpha value is -1.15. The SMILES string of the molecule is C=C1[C@@H]2CC/C(C)=C/CC/C(C)=C3/CC[C@](C)([C@@H](O)C2=O)[C@@H]13. The van der Waals surface area contributed by atoms with E-state index < -0.39 is 6.10 Å². The minimum absolute atomic E-state index is 0.00898. The molecule has 3 aliphatic carbocycles. The third-order valence-corrected chi connectivity index (χ3v) is 6.38. The van der Waals surface area contributed by atoms with Crippen LogP contribution in [0, 0.1) is 17.3 Å². The molecule has 0 unspecified atom stereocenters. The van der Waals surface area contributed by atoms with Gasteiger partial charge in [0.25, 0.3) is 0 Å². The van der Waals surface area contributed by atoms with Gasteiger partial charge in [0, 0.05) is 17.3 Å². The molecule has 0 aromatic rings. The molecule has 0 aromatic carbocycles. The molecule has 0 amide bonds. The van der Waals surface area contributed by atoms with E-state index in [0.29, 0.717) is 0 Å². The molecule has 2 heteroatoms. The Morgan fingerprint density at radius 1 is 1.27 bits per heavy atom. The quantitative estimate of drug-likeness (QED) is 0.675. The van der Waals surface area contributed by atoms with E-state index in [9.17, 15) is 9.90 Å². The van der Waals surface area contributed by atoms with Crippen LogP contribution in [0.1, 0.15) is 59.3 Å². The predicted molar refractivity (Wildman–Crippen MR) is 89.4 cm³/mol. The zero-order valence-electron chi connectivity index (χ0n) is 14.1. The summed E-state index contributed by atoms with van der Waals surface area (Å²) in [5, 5.41) is 10.7. The molecule has 0 saturated heterocycles. The lowest BCUT2D eigenvalue weighted by atomic mass is 9.59. The highest BCUT2D eigenvalue weighted by atomic mass is 16.3. The minimum Gasteiger partial charge on any atom is -0.385 e. The molecule has 2 fully saturated rings. The van der Waals surface area contributed by atoms with Gasteiger partial charge < -0.3 is 5.11 Å². The second-order valence-corrected chi connectivity index (χ2v) is 7.80. The molecule has 2 saturated carbocycles. The summed E-state index contributed by atoms with van der Waals surface area (Å²) in [5.41, 5.74) is 4.99. The molecule has 2 nitrogen and oxygen atoms in total. The second kappa shape index (κ2) is 5.49. The minimum atomic E-state index is -0.830. The molecule has 0 radical (unpaired) electrons. The predicted octanol–water partition coefficient (Wildman–Crippen LogP) is 4.36. The number of carbonyl (C=O) groups excluding carboxylic acids is 1. The van der Waals surface area contributed by atoms with Gasteiger partial charge in [0.05, 0.1) is 0 Å². The van der Waals surface area contributed by atoms with Crippen LogP contribution in [-0.4, -0.2) is 17.0 Å². The molecule has 1 N–H and O–H groups in total. The number of Topliss-reactive ketones (excluding diaryl/α,β-unsaturated/α-hetero) is 1. The number of hydrogen-bond acceptors (Lipinski definition) is 2. The molecular weight excluding hydrogens is 272 g/mol. The van der Waals surface area contributed by atoms with Gasteiger partial charge in [0.2, 0.25) is 0 Å². The number of ketones is 1. The summed E-state index contributed by atoms with van der Waals surface area (Å²) in [5.74, 6) is 0.0359. The van der Waals surface area contributed by atoms with Crippen molar-refractivity contribution in [1.82, 2.24) is 0 Å². The maximum atomic E-state index is 12.7. The lowest BCUT2D eigenvalue weighted by Gasteiger charge is -2.45. The monoisotopic (exact) mass is 300 g/mol. The van der Waals surface area contributed by atoms with Crippen LogP contribution >= 0.6 is 0 Å². The zero-order valence-corrected chi connectivity index (χ0v) is 14.1. The molecule has 22 heavy (non-hydrogen) atoms. The van der Waals surface area contributed by atoms with Crippen molar-refractivity contribution in [2.24, 2.45) is 17.3 Å². The molecule has 0 heterocycles. The van der Waals surface area contributed by atoms with Gasteiger partial charge in [-0.1, -0.05) is 41.9 Å². The largest absolute Gasteiger partial charge is 0.385 e. The van der Waals surface area contributed by atoms with Gasteiger partial charge in [-0.3, -0.25) is 4.79 Å². The summed E-state index contributed by atoms with van der Waals surface area (Å²) in [7, 11) is 0. The first kappa shape index (κ1) is 15.7. The molecule has 0 aromatic heterocycles. The first-order valence-electron chi connectivity index (χ1n) is 8.61. The van der Waals surface area contributed by atoms with Crippen molar-refractivity contribution in [1.29, 1.82) is 0 Å². The first-order chi connectivity index (χ1) is 10.4.